The highest BCUT2D eigenvalue weighted by Gasteiger charge is 2.08. The Balaban J connectivity index is 2.10. The van der Waals surface area contributed by atoms with Crippen molar-refractivity contribution in [2.24, 2.45) is 0 Å². The van der Waals surface area contributed by atoms with Crippen LogP contribution in [0.15, 0.2) is 46.9 Å². The van der Waals surface area contributed by atoms with E-state index in [1.165, 1.54) is 0 Å². The molecule has 2 aromatic rings. The van der Waals surface area contributed by atoms with Crippen molar-refractivity contribution in [1.29, 1.82) is 0 Å². The van der Waals surface area contributed by atoms with E-state index < -0.39 is 0 Å². The molecule has 2 aromatic carbocycles. The Morgan fingerprint density at radius 3 is 2.45 bits per heavy atom. The number of hydrogen-bond donors (Lipinski definition) is 2. The predicted octanol–water partition coefficient (Wildman–Crippen LogP) is 4.96. The first-order chi connectivity index (χ1) is 9.60. The second-order valence-electron chi connectivity index (χ2n) is 4.55. The molecule has 0 heterocycles. The summed E-state index contributed by atoms with van der Waals surface area (Å²) >= 11 is 3.37. The molecule has 0 saturated carbocycles. The van der Waals surface area contributed by atoms with Crippen LogP contribution < -0.4 is 10.6 Å². The Morgan fingerprint density at radius 1 is 1.10 bits per heavy atom. The summed E-state index contributed by atoms with van der Waals surface area (Å²) in [7, 11) is 0. The van der Waals surface area contributed by atoms with Crippen LogP contribution in [0.25, 0.3) is 0 Å². The summed E-state index contributed by atoms with van der Waals surface area (Å²) in [5.74, 6) is 0. The summed E-state index contributed by atoms with van der Waals surface area (Å²) < 4.78 is 0.982. The molecular formula is C16H17BrN2O. The molecule has 0 aliphatic carbocycles. The third-order valence-corrected chi connectivity index (χ3v) is 3.61. The number of rotatable bonds is 3. The number of anilines is 2. The topological polar surface area (TPSA) is 41.1 Å². The molecule has 4 heteroatoms. The minimum atomic E-state index is -0.226. The molecule has 0 radical (unpaired) electrons. The molecule has 0 unspecified atom stereocenters. The second-order valence-corrected chi connectivity index (χ2v) is 5.46. The first-order valence-electron chi connectivity index (χ1n) is 6.52. The number of halogens is 1. The Labute approximate surface area is 127 Å². The molecule has 0 fully saturated rings. The van der Waals surface area contributed by atoms with Crippen molar-refractivity contribution in [2.75, 3.05) is 10.6 Å². The molecule has 0 aliphatic rings. The van der Waals surface area contributed by atoms with Crippen LogP contribution in [-0.2, 0) is 6.42 Å². The van der Waals surface area contributed by atoms with Gasteiger partial charge in [0.25, 0.3) is 0 Å². The Hall–Kier alpha value is -1.81. The van der Waals surface area contributed by atoms with E-state index in [1.807, 2.05) is 49.4 Å². The summed E-state index contributed by atoms with van der Waals surface area (Å²) in [6.45, 7) is 4.07. The average molecular weight is 333 g/mol. The number of para-hydroxylation sites is 1. The lowest BCUT2D eigenvalue weighted by atomic mass is 10.1. The van der Waals surface area contributed by atoms with Crippen LogP contribution in [0.1, 0.15) is 18.1 Å². The summed E-state index contributed by atoms with van der Waals surface area (Å²) in [6.07, 6.45) is 0.885. The second kappa shape index (κ2) is 6.57. The van der Waals surface area contributed by atoms with Crippen LogP contribution >= 0.6 is 15.9 Å². The molecule has 0 spiro atoms. The van der Waals surface area contributed by atoms with Gasteiger partial charge in [0.15, 0.2) is 0 Å². The number of amides is 2. The zero-order valence-electron chi connectivity index (χ0n) is 11.5. The van der Waals surface area contributed by atoms with E-state index in [9.17, 15) is 4.79 Å². The molecule has 2 rings (SSSR count). The van der Waals surface area contributed by atoms with E-state index in [1.54, 1.807) is 0 Å². The molecule has 2 amide bonds. The van der Waals surface area contributed by atoms with Crippen molar-refractivity contribution in [3.05, 3.63) is 58.1 Å². The van der Waals surface area contributed by atoms with Crippen LogP contribution in [0, 0.1) is 6.92 Å². The van der Waals surface area contributed by atoms with Crippen molar-refractivity contribution < 1.29 is 4.79 Å². The van der Waals surface area contributed by atoms with Gasteiger partial charge in [0, 0.05) is 15.8 Å². The van der Waals surface area contributed by atoms with Crippen molar-refractivity contribution in [3.8, 4) is 0 Å². The molecule has 0 aromatic heterocycles. The maximum atomic E-state index is 12.1. The van der Waals surface area contributed by atoms with Gasteiger partial charge in [-0.15, -0.1) is 0 Å². The highest BCUT2D eigenvalue weighted by atomic mass is 79.9. The van der Waals surface area contributed by atoms with Crippen molar-refractivity contribution in [1.82, 2.24) is 0 Å². The number of urea groups is 1. The Morgan fingerprint density at radius 2 is 1.80 bits per heavy atom. The van der Waals surface area contributed by atoms with E-state index in [0.29, 0.717) is 0 Å². The third-order valence-electron chi connectivity index (χ3n) is 3.08. The lowest BCUT2D eigenvalue weighted by Crippen LogP contribution is -2.20. The minimum absolute atomic E-state index is 0.226. The van der Waals surface area contributed by atoms with Gasteiger partial charge in [-0.1, -0.05) is 41.1 Å². The molecule has 104 valence electrons. The number of aryl methyl sites for hydroxylation is 2. The van der Waals surface area contributed by atoms with Crippen LogP contribution in [-0.4, -0.2) is 6.03 Å². The van der Waals surface area contributed by atoms with Gasteiger partial charge in [-0.3, -0.25) is 0 Å². The molecule has 2 N–H and O–H groups in total. The SMILES string of the molecule is CCc1cccc(C)c1NC(=O)Nc1ccc(Br)cc1. The van der Waals surface area contributed by atoms with Gasteiger partial charge in [-0.05, 0) is 48.7 Å². The van der Waals surface area contributed by atoms with Gasteiger partial charge in [0.1, 0.15) is 0 Å². The molecule has 0 atom stereocenters. The van der Waals surface area contributed by atoms with E-state index in [2.05, 4.69) is 33.5 Å². The zero-order chi connectivity index (χ0) is 14.5. The van der Waals surface area contributed by atoms with Crippen LogP contribution in [0.4, 0.5) is 16.2 Å². The average Bonchev–Trinajstić information content (AvgIpc) is 2.43. The summed E-state index contributed by atoms with van der Waals surface area (Å²) in [6, 6.07) is 13.3. The summed E-state index contributed by atoms with van der Waals surface area (Å²) in [5, 5.41) is 5.76. The third kappa shape index (κ3) is 3.61. The quantitative estimate of drug-likeness (QED) is 0.819. The lowest BCUT2D eigenvalue weighted by molar-refractivity contribution is 0.262. The summed E-state index contributed by atoms with van der Waals surface area (Å²) in [5.41, 5.74) is 3.85. The normalized spacial score (nSPS) is 10.2. The fraction of sp³-hybridized carbons (Fsp3) is 0.188. The van der Waals surface area contributed by atoms with Crippen molar-refractivity contribution in [2.45, 2.75) is 20.3 Å². The number of nitrogens with one attached hydrogen (secondary N) is 2. The lowest BCUT2D eigenvalue weighted by Gasteiger charge is -2.13. The van der Waals surface area contributed by atoms with Gasteiger partial charge < -0.3 is 10.6 Å². The molecule has 0 bridgehead atoms. The Bertz CT molecular complexity index is 608. The van der Waals surface area contributed by atoms with Gasteiger partial charge in [-0.25, -0.2) is 4.79 Å². The fourth-order valence-electron chi connectivity index (χ4n) is 2.01. The number of hydrogen-bond acceptors (Lipinski definition) is 1. The highest BCUT2D eigenvalue weighted by molar-refractivity contribution is 9.10. The monoisotopic (exact) mass is 332 g/mol. The van der Waals surface area contributed by atoms with Gasteiger partial charge >= 0.3 is 6.03 Å². The molecule has 3 nitrogen and oxygen atoms in total. The molecular weight excluding hydrogens is 316 g/mol. The molecule has 0 saturated heterocycles. The smallest absolute Gasteiger partial charge is 0.308 e. The highest BCUT2D eigenvalue weighted by Crippen LogP contribution is 2.21. The standard InChI is InChI=1S/C16H17BrN2O/c1-3-12-6-4-5-11(2)15(12)19-16(20)18-14-9-7-13(17)8-10-14/h4-10H,3H2,1-2H3,(H2,18,19,20). The fourth-order valence-corrected chi connectivity index (χ4v) is 2.28. The zero-order valence-corrected chi connectivity index (χ0v) is 13.1. The summed E-state index contributed by atoms with van der Waals surface area (Å²) in [4.78, 5) is 12.1. The predicted molar refractivity (Wildman–Crippen MR) is 87.3 cm³/mol. The molecule has 0 aliphatic heterocycles. The number of carbonyl (C=O) groups is 1. The van der Waals surface area contributed by atoms with Crippen molar-refractivity contribution in [3.63, 3.8) is 0 Å². The maximum absolute atomic E-state index is 12.1. The first kappa shape index (κ1) is 14.6. The van der Waals surface area contributed by atoms with Gasteiger partial charge in [0.05, 0.1) is 0 Å². The molecule has 20 heavy (non-hydrogen) atoms. The van der Waals surface area contributed by atoms with E-state index in [-0.39, 0.29) is 6.03 Å². The number of carbonyl (C=O) groups excluding carboxylic acids is 1. The van der Waals surface area contributed by atoms with Gasteiger partial charge in [-0.2, -0.15) is 0 Å². The van der Waals surface area contributed by atoms with Crippen LogP contribution in [0.5, 0.6) is 0 Å². The van der Waals surface area contributed by atoms with E-state index in [0.717, 1.165) is 33.4 Å². The van der Waals surface area contributed by atoms with E-state index in [4.69, 9.17) is 0 Å². The first-order valence-corrected chi connectivity index (χ1v) is 7.31. The van der Waals surface area contributed by atoms with Gasteiger partial charge in [0.2, 0.25) is 0 Å². The van der Waals surface area contributed by atoms with Crippen molar-refractivity contribution >= 4 is 33.3 Å². The number of benzene rings is 2. The Kier molecular flexibility index (Phi) is 4.79. The van der Waals surface area contributed by atoms with E-state index >= 15 is 0 Å². The maximum Gasteiger partial charge on any atom is 0.323 e. The van der Waals surface area contributed by atoms with Crippen LogP contribution in [0.3, 0.4) is 0 Å². The largest absolute Gasteiger partial charge is 0.323 e. The van der Waals surface area contributed by atoms with Crippen LogP contribution in [0.2, 0.25) is 0 Å². The minimum Gasteiger partial charge on any atom is -0.308 e.